The van der Waals surface area contributed by atoms with Gasteiger partial charge in [0.15, 0.2) is 0 Å². The van der Waals surface area contributed by atoms with Crippen LogP contribution in [0.2, 0.25) is 5.02 Å². The van der Waals surface area contributed by atoms with Crippen molar-refractivity contribution in [1.29, 1.82) is 0 Å². The lowest BCUT2D eigenvalue weighted by Gasteiger charge is -2.05. The maximum Gasteiger partial charge on any atom is 0.255 e. The molecule has 1 aromatic carbocycles. The van der Waals surface area contributed by atoms with E-state index in [0.29, 0.717) is 11.6 Å². The number of phenolic OH excluding ortho intramolecular Hbond substituents is 1. The average molecular weight is 240 g/mol. The monoisotopic (exact) mass is 239 g/mol. The molecule has 0 aliphatic heterocycles. The van der Waals surface area contributed by atoms with Gasteiger partial charge in [0.05, 0.1) is 5.56 Å². The second-order valence-corrected chi connectivity index (χ2v) is 4.09. The van der Waals surface area contributed by atoms with Gasteiger partial charge in [0, 0.05) is 11.6 Å². The normalized spacial score (nSPS) is 9.69. The second-order valence-electron chi connectivity index (χ2n) is 3.65. The molecule has 1 aromatic rings. The topological polar surface area (TPSA) is 49.3 Å². The number of carbonyl (C=O) groups excluding carboxylic acids is 1. The van der Waals surface area contributed by atoms with Crippen LogP contribution in [-0.4, -0.2) is 17.6 Å². The van der Waals surface area contributed by atoms with E-state index in [-0.39, 0.29) is 17.2 Å². The number of hydrogen-bond donors (Lipinski definition) is 2. The van der Waals surface area contributed by atoms with E-state index in [1.54, 1.807) is 0 Å². The molecule has 0 aromatic heterocycles. The lowest BCUT2D eigenvalue weighted by molar-refractivity contribution is 0.0955. The zero-order valence-electron chi connectivity index (χ0n) is 9.25. The molecule has 0 bridgehead atoms. The van der Waals surface area contributed by atoms with E-state index in [2.05, 4.69) is 5.32 Å². The van der Waals surface area contributed by atoms with Crippen molar-refractivity contribution in [3.05, 3.63) is 40.4 Å². The lowest BCUT2D eigenvalue weighted by Crippen LogP contribution is -2.23. The fraction of sp³-hybridized carbons (Fsp3) is 0.250. The largest absolute Gasteiger partial charge is 0.507 e. The highest BCUT2D eigenvalue weighted by atomic mass is 35.5. The summed E-state index contributed by atoms with van der Waals surface area (Å²) >= 11 is 5.74. The van der Waals surface area contributed by atoms with Crippen LogP contribution in [0, 0.1) is 0 Å². The van der Waals surface area contributed by atoms with Crippen molar-refractivity contribution in [2.75, 3.05) is 6.54 Å². The van der Waals surface area contributed by atoms with Gasteiger partial charge in [-0.2, -0.15) is 0 Å². The standard InChI is InChI=1S/C12H14ClNO2/c1-8(2)5-6-14-12(16)10-7-9(13)3-4-11(10)15/h3-5,7,15H,6H2,1-2H3,(H,14,16). The van der Waals surface area contributed by atoms with E-state index in [0.717, 1.165) is 5.57 Å². The number of allylic oxidation sites excluding steroid dienone is 1. The Hall–Kier alpha value is -1.48. The first-order valence-corrected chi connectivity index (χ1v) is 5.28. The molecule has 0 spiro atoms. The highest BCUT2D eigenvalue weighted by molar-refractivity contribution is 6.31. The van der Waals surface area contributed by atoms with Gasteiger partial charge in [-0.25, -0.2) is 0 Å². The zero-order valence-corrected chi connectivity index (χ0v) is 10.0. The van der Waals surface area contributed by atoms with Gasteiger partial charge in [-0.05, 0) is 32.0 Å². The molecule has 0 unspecified atom stereocenters. The third-order valence-electron chi connectivity index (χ3n) is 1.98. The Kier molecular flexibility index (Phi) is 4.38. The molecule has 4 heteroatoms. The molecule has 1 amide bonds. The Morgan fingerprint density at radius 3 is 2.81 bits per heavy atom. The number of aromatic hydroxyl groups is 1. The fourth-order valence-electron chi connectivity index (χ4n) is 1.13. The zero-order chi connectivity index (χ0) is 12.1. The maximum atomic E-state index is 11.6. The highest BCUT2D eigenvalue weighted by Gasteiger charge is 2.10. The molecule has 2 N–H and O–H groups in total. The number of hydrogen-bond acceptors (Lipinski definition) is 2. The Morgan fingerprint density at radius 1 is 1.50 bits per heavy atom. The van der Waals surface area contributed by atoms with Crippen molar-refractivity contribution in [2.24, 2.45) is 0 Å². The van der Waals surface area contributed by atoms with Gasteiger partial charge in [0.1, 0.15) is 5.75 Å². The number of rotatable bonds is 3. The summed E-state index contributed by atoms with van der Waals surface area (Å²) in [5.74, 6) is -0.406. The molecule has 0 radical (unpaired) electrons. The first-order chi connectivity index (χ1) is 7.50. The Balaban J connectivity index is 2.73. The molecule has 0 heterocycles. The van der Waals surface area contributed by atoms with Crippen molar-refractivity contribution in [3.63, 3.8) is 0 Å². The molecule has 3 nitrogen and oxygen atoms in total. The SMILES string of the molecule is CC(C)=CCNC(=O)c1cc(Cl)ccc1O. The lowest BCUT2D eigenvalue weighted by atomic mass is 10.2. The number of amides is 1. The highest BCUT2D eigenvalue weighted by Crippen LogP contribution is 2.21. The average Bonchev–Trinajstić information content (AvgIpc) is 2.21. The predicted octanol–water partition coefficient (Wildman–Crippen LogP) is 2.74. The molecular formula is C12H14ClNO2. The van der Waals surface area contributed by atoms with Gasteiger partial charge in [-0.15, -0.1) is 0 Å². The van der Waals surface area contributed by atoms with Crippen molar-refractivity contribution in [2.45, 2.75) is 13.8 Å². The van der Waals surface area contributed by atoms with E-state index in [9.17, 15) is 9.90 Å². The molecule has 16 heavy (non-hydrogen) atoms. The van der Waals surface area contributed by atoms with Crippen LogP contribution < -0.4 is 5.32 Å². The van der Waals surface area contributed by atoms with Gasteiger partial charge in [0.25, 0.3) is 5.91 Å². The predicted molar refractivity (Wildman–Crippen MR) is 64.9 cm³/mol. The van der Waals surface area contributed by atoms with Gasteiger partial charge < -0.3 is 10.4 Å². The summed E-state index contributed by atoms with van der Waals surface area (Å²) in [5, 5.41) is 12.6. The van der Waals surface area contributed by atoms with Crippen molar-refractivity contribution < 1.29 is 9.90 Å². The van der Waals surface area contributed by atoms with Crippen molar-refractivity contribution in [1.82, 2.24) is 5.32 Å². The molecule has 0 saturated heterocycles. The van der Waals surface area contributed by atoms with Crippen LogP contribution in [0.3, 0.4) is 0 Å². The Morgan fingerprint density at radius 2 is 2.19 bits per heavy atom. The van der Waals surface area contributed by atoms with Gasteiger partial charge >= 0.3 is 0 Å². The summed E-state index contributed by atoms with van der Waals surface area (Å²) < 4.78 is 0. The number of benzene rings is 1. The van der Waals surface area contributed by atoms with Gasteiger partial charge in [-0.1, -0.05) is 23.3 Å². The number of halogens is 1. The van der Waals surface area contributed by atoms with E-state index < -0.39 is 0 Å². The first kappa shape index (κ1) is 12.6. The quantitative estimate of drug-likeness (QED) is 0.797. The van der Waals surface area contributed by atoms with Crippen molar-refractivity contribution >= 4 is 17.5 Å². The summed E-state index contributed by atoms with van der Waals surface area (Å²) in [6.07, 6.45) is 1.89. The van der Waals surface area contributed by atoms with Crippen LogP contribution in [0.4, 0.5) is 0 Å². The van der Waals surface area contributed by atoms with Crippen molar-refractivity contribution in [3.8, 4) is 5.75 Å². The number of nitrogens with one attached hydrogen (secondary N) is 1. The summed E-state index contributed by atoms with van der Waals surface area (Å²) in [6.45, 7) is 4.33. The van der Waals surface area contributed by atoms with E-state index >= 15 is 0 Å². The third-order valence-corrected chi connectivity index (χ3v) is 2.21. The van der Waals surface area contributed by atoms with Gasteiger partial charge in [0.2, 0.25) is 0 Å². The van der Waals surface area contributed by atoms with Crippen LogP contribution >= 0.6 is 11.6 Å². The minimum Gasteiger partial charge on any atom is -0.507 e. The molecule has 0 fully saturated rings. The summed E-state index contributed by atoms with van der Waals surface area (Å²) in [5.41, 5.74) is 1.31. The minimum absolute atomic E-state index is 0.0703. The Bertz CT molecular complexity index is 423. The van der Waals surface area contributed by atoms with Gasteiger partial charge in [-0.3, -0.25) is 4.79 Å². The molecule has 86 valence electrons. The molecule has 0 atom stereocenters. The third kappa shape index (κ3) is 3.59. The van der Waals surface area contributed by atoms with Crippen LogP contribution in [0.1, 0.15) is 24.2 Å². The summed E-state index contributed by atoms with van der Waals surface area (Å²) in [4.78, 5) is 11.6. The summed E-state index contributed by atoms with van der Waals surface area (Å²) in [7, 11) is 0. The van der Waals surface area contributed by atoms with Crippen LogP contribution in [0.15, 0.2) is 29.8 Å². The summed E-state index contributed by atoms with van der Waals surface area (Å²) in [6, 6.07) is 4.37. The fourth-order valence-corrected chi connectivity index (χ4v) is 1.31. The molecule has 0 aliphatic rings. The Labute approximate surface area is 99.7 Å². The van der Waals surface area contributed by atoms with Crippen LogP contribution in [0.5, 0.6) is 5.75 Å². The number of phenols is 1. The number of carbonyl (C=O) groups is 1. The molecule has 1 rings (SSSR count). The molecule has 0 saturated carbocycles. The van der Waals surface area contributed by atoms with E-state index in [1.807, 2.05) is 19.9 Å². The van der Waals surface area contributed by atoms with E-state index in [4.69, 9.17) is 11.6 Å². The molecule has 0 aliphatic carbocycles. The van der Waals surface area contributed by atoms with Crippen LogP contribution in [0.25, 0.3) is 0 Å². The van der Waals surface area contributed by atoms with Crippen LogP contribution in [-0.2, 0) is 0 Å². The first-order valence-electron chi connectivity index (χ1n) is 4.91. The maximum absolute atomic E-state index is 11.6. The van der Waals surface area contributed by atoms with E-state index in [1.165, 1.54) is 18.2 Å². The smallest absolute Gasteiger partial charge is 0.255 e. The molecular weight excluding hydrogens is 226 g/mol. The second kappa shape index (κ2) is 5.56. The minimum atomic E-state index is -0.336.